The van der Waals surface area contributed by atoms with Crippen LogP contribution in [0.25, 0.3) is 0 Å². The van der Waals surface area contributed by atoms with E-state index in [1.54, 1.807) is 12.1 Å². The van der Waals surface area contributed by atoms with Crippen LogP contribution in [0.15, 0.2) is 42.5 Å². The molecule has 2 aromatic rings. The molecule has 1 saturated heterocycles. The minimum Gasteiger partial charge on any atom is -0.494 e. The van der Waals surface area contributed by atoms with Gasteiger partial charge in [-0.25, -0.2) is 0 Å². The Balaban J connectivity index is 1.91. The van der Waals surface area contributed by atoms with Crippen molar-refractivity contribution in [1.29, 1.82) is 0 Å². The molecule has 1 aliphatic heterocycles. The van der Waals surface area contributed by atoms with Gasteiger partial charge in [0, 0.05) is 24.1 Å². The first-order valence-electron chi connectivity index (χ1n) is 9.49. The van der Waals surface area contributed by atoms with Crippen LogP contribution in [-0.4, -0.2) is 42.2 Å². The summed E-state index contributed by atoms with van der Waals surface area (Å²) >= 11 is 6.43. The molecule has 1 aliphatic rings. The van der Waals surface area contributed by atoms with Crippen molar-refractivity contribution in [2.24, 2.45) is 0 Å². The van der Waals surface area contributed by atoms with E-state index in [9.17, 15) is 10.2 Å². The molecule has 3 rings (SSSR count). The number of aliphatic hydroxyl groups excluding tert-OH is 2. The Hall–Kier alpha value is -1.63. The molecule has 0 aromatic heterocycles. The first-order chi connectivity index (χ1) is 13.4. The lowest BCUT2D eigenvalue weighted by Gasteiger charge is -2.45. The summed E-state index contributed by atoms with van der Waals surface area (Å²) in [5.41, 5.74) is 2.58. The number of hydrogen-bond acceptors (Lipinski definition) is 5. The number of benzene rings is 2. The third-order valence-corrected chi connectivity index (χ3v) is 5.45. The molecule has 1 fully saturated rings. The number of hydrogen-bond donors (Lipinski definition) is 2. The summed E-state index contributed by atoms with van der Waals surface area (Å²) < 4.78 is 17.1. The molecule has 2 aromatic carbocycles. The zero-order chi connectivity index (χ0) is 20.3. The summed E-state index contributed by atoms with van der Waals surface area (Å²) in [5.74, 6) is -0.610. The molecule has 0 saturated carbocycles. The van der Waals surface area contributed by atoms with E-state index in [-0.39, 0.29) is 6.10 Å². The van der Waals surface area contributed by atoms with E-state index in [0.29, 0.717) is 30.0 Å². The van der Waals surface area contributed by atoms with Gasteiger partial charge in [0.1, 0.15) is 11.9 Å². The molecule has 0 bridgehead atoms. The first-order valence-corrected chi connectivity index (χ1v) is 9.87. The van der Waals surface area contributed by atoms with Crippen LogP contribution >= 0.6 is 11.6 Å². The van der Waals surface area contributed by atoms with Gasteiger partial charge < -0.3 is 24.4 Å². The number of ether oxygens (including phenoxy) is 3. The number of methoxy groups -OCH3 is 1. The molecule has 0 spiro atoms. The Morgan fingerprint density at radius 2 is 1.89 bits per heavy atom. The van der Waals surface area contributed by atoms with Gasteiger partial charge in [-0.2, -0.15) is 0 Å². The molecule has 28 heavy (non-hydrogen) atoms. The van der Waals surface area contributed by atoms with Gasteiger partial charge >= 0.3 is 0 Å². The second-order valence-electron chi connectivity index (χ2n) is 7.11. The van der Waals surface area contributed by atoms with Crippen LogP contribution in [0.4, 0.5) is 0 Å². The van der Waals surface area contributed by atoms with Crippen molar-refractivity contribution in [3.05, 3.63) is 64.2 Å². The highest BCUT2D eigenvalue weighted by molar-refractivity contribution is 6.31. The van der Waals surface area contributed by atoms with Gasteiger partial charge in [0.15, 0.2) is 0 Å². The van der Waals surface area contributed by atoms with Crippen LogP contribution in [0, 0.1) is 0 Å². The molecule has 5 nitrogen and oxygen atoms in total. The molecule has 2 N–H and O–H groups in total. The maximum absolute atomic E-state index is 10.6. The predicted octanol–water partition coefficient (Wildman–Crippen LogP) is 3.66. The van der Waals surface area contributed by atoms with Gasteiger partial charge in [-0.15, -0.1) is 0 Å². The summed E-state index contributed by atoms with van der Waals surface area (Å²) in [5, 5.41) is 21.5. The van der Waals surface area contributed by atoms with Gasteiger partial charge in [-0.05, 0) is 55.7 Å². The minimum atomic E-state index is -1.44. The highest BCUT2D eigenvalue weighted by atomic mass is 35.5. The Kier molecular flexibility index (Phi) is 6.63. The average molecular weight is 407 g/mol. The van der Waals surface area contributed by atoms with Crippen LogP contribution in [0.3, 0.4) is 0 Å². The largest absolute Gasteiger partial charge is 0.494 e. The fourth-order valence-corrected chi connectivity index (χ4v) is 3.87. The van der Waals surface area contributed by atoms with Gasteiger partial charge in [0.25, 0.3) is 0 Å². The Morgan fingerprint density at radius 3 is 2.54 bits per heavy atom. The molecule has 0 radical (unpaired) electrons. The highest BCUT2D eigenvalue weighted by Crippen LogP contribution is 2.40. The van der Waals surface area contributed by atoms with Gasteiger partial charge in [-0.3, -0.25) is 0 Å². The number of rotatable bonds is 6. The van der Waals surface area contributed by atoms with E-state index < -0.39 is 18.0 Å². The fourth-order valence-electron chi connectivity index (χ4n) is 3.68. The number of halogens is 1. The van der Waals surface area contributed by atoms with Crippen molar-refractivity contribution in [3.8, 4) is 5.75 Å². The molecule has 1 unspecified atom stereocenters. The van der Waals surface area contributed by atoms with E-state index >= 15 is 0 Å². The van der Waals surface area contributed by atoms with Crippen LogP contribution in [0.2, 0.25) is 5.02 Å². The van der Waals surface area contributed by atoms with Crippen LogP contribution in [0.5, 0.6) is 5.75 Å². The van der Waals surface area contributed by atoms with Crippen molar-refractivity contribution in [3.63, 3.8) is 0 Å². The topological polar surface area (TPSA) is 68.2 Å². The van der Waals surface area contributed by atoms with Crippen molar-refractivity contribution in [2.45, 2.75) is 50.8 Å². The van der Waals surface area contributed by atoms with E-state index in [1.165, 1.54) is 7.11 Å². The first kappa shape index (κ1) is 21.1. The highest BCUT2D eigenvalue weighted by Gasteiger charge is 2.50. The summed E-state index contributed by atoms with van der Waals surface area (Å²) in [6, 6.07) is 13.3. The second-order valence-corrected chi connectivity index (χ2v) is 7.52. The van der Waals surface area contributed by atoms with Crippen molar-refractivity contribution in [2.75, 3.05) is 13.7 Å². The van der Waals surface area contributed by atoms with Crippen LogP contribution < -0.4 is 4.74 Å². The molecular formula is C22H27ClO5. The summed E-state index contributed by atoms with van der Waals surface area (Å²) in [7, 11) is 1.47. The third kappa shape index (κ3) is 4.19. The zero-order valence-corrected chi connectivity index (χ0v) is 17.1. The van der Waals surface area contributed by atoms with E-state index in [4.69, 9.17) is 25.8 Å². The average Bonchev–Trinajstić information content (AvgIpc) is 2.68. The third-order valence-electron chi connectivity index (χ3n) is 5.08. The SMILES string of the molecule is CCOc1ccc(Cc2cc(C3(OC)O[C@H](C)C[C@H](O)[C@H]3O)ccc2Cl)cc1. The minimum absolute atomic E-state index is 0.261. The zero-order valence-electron chi connectivity index (χ0n) is 16.4. The molecule has 1 heterocycles. The van der Waals surface area contributed by atoms with E-state index in [2.05, 4.69) is 0 Å². The lowest BCUT2D eigenvalue weighted by atomic mass is 9.88. The molecule has 4 atom stereocenters. The van der Waals surface area contributed by atoms with Crippen molar-refractivity contribution >= 4 is 11.6 Å². The van der Waals surface area contributed by atoms with E-state index in [0.717, 1.165) is 16.9 Å². The lowest BCUT2D eigenvalue weighted by Crippen LogP contribution is -2.56. The Labute approximate surface area is 170 Å². The molecule has 0 aliphatic carbocycles. The van der Waals surface area contributed by atoms with Gasteiger partial charge in [0.05, 0.1) is 18.8 Å². The quantitative estimate of drug-likeness (QED) is 0.766. The van der Waals surface area contributed by atoms with Crippen molar-refractivity contribution in [1.82, 2.24) is 0 Å². The summed E-state index contributed by atoms with van der Waals surface area (Å²) in [4.78, 5) is 0. The predicted molar refractivity (Wildman–Crippen MR) is 108 cm³/mol. The maximum Gasteiger partial charge on any atom is 0.224 e. The molecular weight excluding hydrogens is 380 g/mol. The van der Waals surface area contributed by atoms with Crippen LogP contribution in [-0.2, 0) is 21.7 Å². The Morgan fingerprint density at radius 1 is 1.18 bits per heavy atom. The summed E-state index contributed by atoms with van der Waals surface area (Å²) in [6.07, 6.45) is -1.45. The molecule has 0 amide bonds. The lowest BCUT2D eigenvalue weighted by molar-refractivity contribution is -0.339. The van der Waals surface area contributed by atoms with Crippen molar-refractivity contribution < 1.29 is 24.4 Å². The van der Waals surface area contributed by atoms with Gasteiger partial charge in [0.2, 0.25) is 5.79 Å². The summed E-state index contributed by atoms with van der Waals surface area (Å²) in [6.45, 7) is 4.42. The standard InChI is InChI=1S/C22H27ClO5/c1-4-27-18-8-5-15(6-9-18)12-16-13-17(7-10-19(16)23)22(26-3)21(25)20(24)11-14(2)28-22/h5-10,13-14,20-21,24-25H,4,11-12H2,1-3H3/t14-,20+,21-,22?/m1/s1. The monoisotopic (exact) mass is 406 g/mol. The fraction of sp³-hybridized carbons (Fsp3) is 0.455. The molecule has 6 heteroatoms. The van der Waals surface area contributed by atoms with Crippen LogP contribution in [0.1, 0.15) is 37.0 Å². The normalized spacial score (nSPS) is 27.6. The number of aliphatic hydroxyl groups is 2. The Bertz CT molecular complexity index is 794. The smallest absolute Gasteiger partial charge is 0.224 e. The van der Waals surface area contributed by atoms with E-state index in [1.807, 2.05) is 44.2 Å². The second kappa shape index (κ2) is 8.80. The molecule has 152 valence electrons. The maximum atomic E-state index is 10.6. The van der Waals surface area contributed by atoms with Gasteiger partial charge in [-0.1, -0.05) is 29.8 Å².